The fraction of sp³-hybridized carbons (Fsp3) is 0.833. The van der Waals surface area contributed by atoms with E-state index in [-0.39, 0.29) is 11.9 Å². The van der Waals surface area contributed by atoms with Crippen molar-refractivity contribution in [2.24, 2.45) is 4.99 Å². The Hall–Kier alpha value is -1.79. The molecule has 3 N–H and O–H groups in total. The van der Waals surface area contributed by atoms with Gasteiger partial charge >= 0.3 is 6.03 Å². The molecule has 142 valence electrons. The number of nitrogens with zero attached hydrogens (tertiary/aromatic N) is 2. The predicted molar refractivity (Wildman–Crippen MR) is 99.5 cm³/mol. The van der Waals surface area contributed by atoms with Crippen LogP contribution in [-0.4, -0.2) is 54.0 Å². The summed E-state index contributed by atoms with van der Waals surface area (Å²) in [5.74, 6) is 0.709. The number of guanidine groups is 1. The van der Waals surface area contributed by atoms with Crippen LogP contribution in [0.5, 0.6) is 0 Å². The highest BCUT2D eigenvalue weighted by Gasteiger charge is 2.45. The largest absolute Gasteiger partial charge is 0.357 e. The van der Waals surface area contributed by atoms with Gasteiger partial charge in [-0.1, -0.05) is 26.2 Å². The third kappa shape index (κ3) is 5.09. The second-order valence-corrected chi connectivity index (χ2v) is 7.17. The first kappa shape index (κ1) is 19.5. The van der Waals surface area contributed by atoms with Crippen LogP contribution in [0.15, 0.2) is 4.99 Å². The van der Waals surface area contributed by atoms with Crippen molar-refractivity contribution in [1.29, 1.82) is 0 Å². The van der Waals surface area contributed by atoms with E-state index in [1.54, 1.807) is 6.92 Å². The first-order valence-corrected chi connectivity index (χ1v) is 9.69. The van der Waals surface area contributed by atoms with Gasteiger partial charge in [-0.05, 0) is 39.5 Å². The third-order valence-corrected chi connectivity index (χ3v) is 5.15. The Labute approximate surface area is 151 Å². The second kappa shape index (κ2) is 9.06. The van der Waals surface area contributed by atoms with E-state index >= 15 is 0 Å². The fourth-order valence-corrected chi connectivity index (χ4v) is 3.37. The van der Waals surface area contributed by atoms with Crippen LogP contribution in [0.3, 0.4) is 0 Å². The Morgan fingerprint density at radius 1 is 1.28 bits per heavy atom. The molecule has 1 saturated heterocycles. The number of imide groups is 1. The summed E-state index contributed by atoms with van der Waals surface area (Å²) >= 11 is 0. The van der Waals surface area contributed by atoms with Gasteiger partial charge in [0.05, 0.1) is 0 Å². The lowest BCUT2D eigenvalue weighted by atomic mass is 9.96. The van der Waals surface area contributed by atoms with Crippen LogP contribution in [0.1, 0.15) is 65.7 Å². The van der Waals surface area contributed by atoms with Gasteiger partial charge in [-0.3, -0.25) is 14.7 Å². The summed E-state index contributed by atoms with van der Waals surface area (Å²) in [6.45, 7) is 7.56. The number of amides is 3. The topological polar surface area (TPSA) is 85.8 Å². The van der Waals surface area contributed by atoms with Gasteiger partial charge < -0.3 is 16.0 Å². The van der Waals surface area contributed by atoms with E-state index in [4.69, 9.17) is 0 Å². The molecule has 1 atom stereocenters. The van der Waals surface area contributed by atoms with Crippen molar-refractivity contribution < 1.29 is 9.59 Å². The van der Waals surface area contributed by atoms with E-state index in [1.807, 2.05) is 6.92 Å². The van der Waals surface area contributed by atoms with Gasteiger partial charge in [0.1, 0.15) is 5.54 Å². The van der Waals surface area contributed by atoms with Gasteiger partial charge in [-0.25, -0.2) is 4.79 Å². The van der Waals surface area contributed by atoms with Crippen LogP contribution in [-0.2, 0) is 4.79 Å². The Kier molecular flexibility index (Phi) is 7.08. The summed E-state index contributed by atoms with van der Waals surface area (Å²) < 4.78 is 0. The number of hydrogen-bond donors (Lipinski definition) is 3. The highest BCUT2D eigenvalue weighted by Crippen LogP contribution is 2.21. The summed E-state index contributed by atoms with van der Waals surface area (Å²) in [4.78, 5) is 30.2. The molecule has 2 fully saturated rings. The molecule has 7 heteroatoms. The molecule has 1 aliphatic carbocycles. The first-order valence-electron chi connectivity index (χ1n) is 9.69. The maximum absolute atomic E-state index is 12.3. The summed E-state index contributed by atoms with van der Waals surface area (Å²) in [6, 6.07) is 0.216. The molecule has 2 aliphatic rings. The normalized spacial score (nSPS) is 25.2. The molecule has 0 aromatic heterocycles. The van der Waals surface area contributed by atoms with Crippen molar-refractivity contribution in [3.63, 3.8) is 0 Å². The summed E-state index contributed by atoms with van der Waals surface area (Å²) in [6.07, 6.45) is 7.54. The molecular formula is C18H33N5O2. The number of carbonyl (C=O) groups excluding carboxylic acids is 2. The van der Waals surface area contributed by atoms with Gasteiger partial charge in [0, 0.05) is 25.7 Å². The quantitative estimate of drug-likeness (QED) is 0.283. The van der Waals surface area contributed by atoms with Crippen LogP contribution in [0.4, 0.5) is 4.79 Å². The van der Waals surface area contributed by atoms with Crippen molar-refractivity contribution in [3.8, 4) is 0 Å². The lowest BCUT2D eigenvalue weighted by molar-refractivity contribution is -0.130. The van der Waals surface area contributed by atoms with Gasteiger partial charge in [-0.2, -0.15) is 0 Å². The molecule has 0 spiro atoms. The molecule has 0 bridgehead atoms. The smallest absolute Gasteiger partial charge is 0.325 e. The van der Waals surface area contributed by atoms with Crippen LogP contribution in [0, 0.1) is 0 Å². The zero-order valence-corrected chi connectivity index (χ0v) is 15.9. The minimum absolute atomic E-state index is 0.129. The van der Waals surface area contributed by atoms with E-state index in [0.29, 0.717) is 32.0 Å². The Balaban J connectivity index is 1.81. The maximum atomic E-state index is 12.3. The molecule has 1 unspecified atom stereocenters. The molecule has 3 amide bonds. The zero-order valence-electron chi connectivity index (χ0n) is 15.9. The standard InChI is InChI=1S/C18H33N5O2/c1-4-18(3)15(24)23(17(25)22-18)13-9-12-20-16(19-5-2)21-14-10-7-6-8-11-14/h14H,4-13H2,1-3H3,(H,22,25)(H2,19,20,21). The van der Waals surface area contributed by atoms with Crippen LogP contribution in [0.25, 0.3) is 0 Å². The molecule has 1 saturated carbocycles. The monoisotopic (exact) mass is 351 g/mol. The summed E-state index contributed by atoms with van der Waals surface area (Å²) in [7, 11) is 0. The van der Waals surface area contributed by atoms with E-state index < -0.39 is 5.54 Å². The Bertz CT molecular complexity index is 502. The van der Waals surface area contributed by atoms with Gasteiger partial charge in [0.25, 0.3) is 5.91 Å². The predicted octanol–water partition coefficient (Wildman–Crippen LogP) is 1.98. The van der Waals surface area contributed by atoms with Crippen molar-refractivity contribution >= 4 is 17.9 Å². The van der Waals surface area contributed by atoms with Crippen molar-refractivity contribution in [3.05, 3.63) is 0 Å². The molecule has 2 rings (SSSR count). The van der Waals surface area contributed by atoms with Gasteiger partial charge in [-0.15, -0.1) is 0 Å². The van der Waals surface area contributed by atoms with Crippen LogP contribution in [0.2, 0.25) is 0 Å². The van der Waals surface area contributed by atoms with Crippen LogP contribution < -0.4 is 16.0 Å². The zero-order chi connectivity index (χ0) is 18.3. The van der Waals surface area contributed by atoms with E-state index in [0.717, 1.165) is 12.5 Å². The SMILES string of the molecule is CCNC(=NCCCN1C(=O)NC(C)(CC)C1=O)NC1CCCCC1. The molecule has 1 heterocycles. The molecule has 0 aromatic rings. The van der Waals surface area contributed by atoms with Crippen molar-refractivity contribution in [2.75, 3.05) is 19.6 Å². The Morgan fingerprint density at radius 2 is 2.00 bits per heavy atom. The molecule has 0 radical (unpaired) electrons. The molecule has 7 nitrogen and oxygen atoms in total. The number of carbonyl (C=O) groups is 2. The van der Waals surface area contributed by atoms with E-state index in [9.17, 15) is 9.59 Å². The number of urea groups is 1. The molecule has 25 heavy (non-hydrogen) atoms. The Morgan fingerprint density at radius 3 is 2.60 bits per heavy atom. The van der Waals surface area contributed by atoms with Crippen LogP contribution >= 0.6 is 0 Å². The third-order valence-electron chi connectivity index (χ3n) is 5.15. The number of hydrogen-bond acceptors (Lipinski definition) is 3. The average molecular weight is 351 g/mol. The maximum Gasteiger partial charge on any atom is 0.325 e. The van der Waals surface area contributed by atoms with Crippen molar-refractivity contribution in [2.45, 2.75) is 77.3 Å². The highest BCUT2D eigenvalue weighted by atomic mass is 16.2. The first-order chi connectivity index (χ1) is 12.0. The fourth-order valence-electron chi connectivity index (χ4n) is 3.37. The number of nitrogens with one attached hydrogen (secondary N) is 3. The molecular weight excluding hydrogens is 318 g/mol. The summed E-state index contributed by atoms with van der Waals surface area (Å²) in [5.41, 5.74) is -0.752. The van der Waals surface area contributed by atoms with Gasteiger partial charge in [0.2, 0.25) is 0 Å². The van der Waals surface area contributed by atoms with Gasteiger partial charge in [0.15, 0.2) is 5.96 Å². The average Bonchev–Trinajstić information content (AvgIpc) is 2.83. The molecule has 1 aliphatic heterocycles. The minimum Gasteiger partial charge on any atom is -0.357 e. The lowest BCUT2D eigenvalue weighted by Crippen LogP contribution is -2.44. The lowest BCUT2D eigenvalue weighted by Gasteiger charge is -2.25. The number of rotatable bonds is 7. The minimum atomic E-state index is -0.752. The second-order valence-electron chi connectivity index (χ2n) is 7.17. The number of aliphatic imine (C=N–C) groups is 1. The molecule has 0 aromatic carbocycles. The summed E-state index contributed by atoms with van der Waals surface area (Å²) in [5, 5.41) is 9.56. The van der Waals surface area contributed by atoms with E-state index in [2.05, 4.69) is 27.9 Å². The van der Waals surface area contributed by atoms with E-state index in [1.165, 1.54) is 37.0 Å². The van der Waals surface area contributed by atoms with Crippen molar-refractivity contribution in [1.82, 2.24) is 20.9 Å². The highest BCUT2D eigenvalue weighted by molar-refractivity contribution is 6.06.